The van der Waals surface area contributed by atoms with Crippen LogP contribution in [0.15, 0.2) is 0 Å². The summed E-state index contributed by atoms with van der Waals surface area (Å²) < 4.78 is 10.8. The zero-order valence-corrected chi connectivity index (χ0v) is 24.8. The molecule has 0 aromatic rings. The van der Waals surface area contributed by atoms with E-state index in [4.69, 9.17) is 9.47 Å². The molecule has 0 aliphatic carbocycles. The van der Waals surface area contributed by atoms with Crippen LogP contribution >= 0.6 is 0 Å². The van der Waals surface area contributed by atoms with Crippen LogP contribution in [-0.2, 0) is 19.1 Å². The standard InChI is InChI=1S/C31H60O6/c1-5-8-10-12-14-16-18-20-22-24-28(33)36-31(35,30(4,27-32)26-7-3)37-29(34)25-23-21-19-17-15-13-11-9-6-2/h32,35H,5-27H2,1-4H3. The molecule has 0 heterocycles. The van der Waals surface area contributed by atoms with Crippen molar-refractivity contribution >= 4 is 11.9 Å². The lowest BCUT2D eigenvalue weighted by molar-refractivity contribution is -0.380. The maximum absolute atomic E-state index is 12.6. The van der Waals surface area contributed by atoms with Gasteiger partial charge in [0.25, 0.3) is 0 Å². The van der Waals surface area contributed by atoms with E-state index in [1.54, 1.807) is 6.92 Å². The highest BCUT2D eigenvalue weighted by Gasteiger charge is 2.53. The third-order valence-electron chi connectivity index (χ3n) is 7.39. The van der Waals surface area contributed by atoms with Crippen LogP contribution < -0.4 is 0 Å². The zero-order chi connectivity index (χ0) is 27.8. The molecule has 0 saturated heterocycles. The number of aliphatic hydroxyl groups excluding tert-OH is 1. The Hall–Kier alpha value is -1.14. The first-order valence-corrected chi connectivity index (χ1v) is 15.6. The lowest BCUT2D eigenvalue weighted by atomic mass is 9.83. The van der Waals surface area contributed by atoms with Crippen molar-refractivity contribution in [3.05, 3.63) is 0 Å². The molecule has 220 valence electrons. The molecule has 0 spiro atoms. The van der Waals surface area contributed by atoms with E-state index in [0.717, 1.165) is 38.5 Å². The topological polar surface area (TPSA) is 93.1 Å². The van der Waals surface area contributed by atoms with Gasteiger partial charge in [-0.25, -0.2) is 0 Å². The van der Waals surface area contributed by atoms with Gasteiger partial charge in [-0.3, -0.25) is 9.59 Å². The number of carbonyl (C=O) groups excluding carboxylic acids is 2. The molecule has 0 saturated carbocycles. The number of hydrogen-bond acceptors (Lipinski definition) is 6. The van der Waals surface area contributed by atoms with Gasteiger partial charge in [0.05, 0.1) is 12.0 Å². The van der Waals surface area contributed by atoms with E-state index in [-0.39, 0.29) is 12.8 Å². The van der Waals surface area contributed by atoms with E-state index in [0.29, 0.717) is 25.7 Å². The number of unbranched alkanes of at least 4 members (excludes halogenated alkanes) is 16. The van der Waals surface area contributed by atoms with Crippen LogP contribution in [0.4, 0.5) is 0 Å². The first-order chi connectivity index (χ1) is 17.8. The lowest BCUT2D eigenvalue weighted by Crippen LogP contribution is -2.55. The smallest absolute Gasteiger partial charge is 0.381 e. The number of rotatable bonds is 26. The minimum atomic E-state index is -2.47. The van der Waals surface area contributed by atoms with Gasteiger partial charge in [0, 0.05) is 12.8 Å². The molecule has 0 rings (SSSR count). The third-order valence-corrected chi connectivity index (χ3v) is 7.39. The van der Waals surface area contributed by atoms with Crippen LogP contribution in [0.25, 0.3) is 0 Å². The largest absolute Gasteiger partial charge is 0.398 e. The third kappa shape index (κ3) is 17.1. The van der Waals surface area contributed by atoms with Gasteiger partial charge in [-0.1, -0.05) is 130 Å². The van der Waals surface area contributed by atoms with Crippen molar-refractivity contribution < 1.29 is 29.3 Å². The van der Waals surface area contributed by atoms with Crippen molar-refractivity contribution in [3.63, 3.8) is 0 Å². The summed E-state index contributed by atoms with van der Waals surface area (Å²) in [7, 11) is 0. The van der Waals surface area contributed by atoms with Crippen molar-refractivity contribution in [3.8, 4) is 0 Å². The summed E-state index contributed by atoms with van der Waals surface area (Å²) >= 11 is 0. The van der Waals surface area contributed by atoms with E-state index in [1.807, 2.05) is 6.92 Å². The molecule has 0 aliphatic rings. The van der Waals surface area contributed by atoms with Crippen LogP contribution in [0.5, 0.6) is 0 Å². The molecule has 1 unspecified atom stereocenters. The second-order valence-electron chi connectivity index (χ2n) is 11.2. The van der Waals surface area contributed by atoms with Crippen molar-refractivity contribution in [2.75, 3.05) is 6.61 Å². The fourth-order valence-electron chi connectivity index (χ4n) is 4.73. The Kier molecular flexibility index (Phi) is 22.1. The van der Waals surface area contributed by atoms with Crippen molar-refractivity contribution in [1.29, 1.82) is 0 Å². The van der Waals surface area contributed by atoms with Gasteiger partial charge in [0.2, 0.25) is 0 Å². The Balaban J connectivity index is 4.57. The number of carbonyl (C=O) groups is 2. The number of ether oxygens (including phenoxy) is 2. The monoisotopic (exact) mass is 528 g/mol. The molecule has 0 aliphatic heterocycles. The molecule has 1 atom stereocenters. The normalized spacial score (nSPS) is 13.4. The molecule has 6 nitrogen and oxygen atoms in total. The molecular weight excluding hydrogens is 468 g/mol. The van der Waals surface area contributed by atoms with Crippen molar-refractivity contribution in [2.45, 2.75) is 175 Å². The summed E-state index contributed by atoms with van der Waals surface area (Å²) in [6.45, 7) is 7.46. The summed E-state index contributed by atoms with van der Waals surface area (Å²) in [5, 5.41) is 21.3. The maximum atomic E-state index is 12.6. The van der Waals surface area contributed by atoms with Crippen LogP contribution in [0.3, 0.4) is 0 Å². The van der Waals surface area contributed by atoms with Gasteiger partial charge in [0.1, 0.15) is 0 Å². The fraction of sp³-hybridized carbons (Fsp3) is 0.935. The van der Waals surface area contributed by atoms with Gasteiger partial charge < -0.3 is 19.7 Å². The Bertz CT molecular complexity index is 528. The van der Waals surface area contributed by atoms with Gasteiger partial charge in [0.15, 0.2) is 0 Å². The second kappa shape index (κ2) is 22.8. The van der Waals surface area contributed by atoms with Gasteiger partial charge in [-0.05, 0) is 26.2 Å². The molecule has 0 aromatic carbocycles. The van der Waals surface area contributed by atoms with E-state index in [2.05, 4.69) is 13.8 Å². The van der Waals surface area contributed by atoms with Gasteiger partial charge in [-0.2, -0.15) is 0 Å². The maximum Gasteiger partial charge on any atom is 0.381 e. The highest BCUT2D eigenvalue weighted by Crippen LogP contribution is 2.38. The van der Waals surface area contributed by atoms with Crippen LogP contribution in [0, 0.1) is 5.41 Å². The summed E-state index contributed by atoms with van der Waals surface area (Å²) in [6.07, 6.45) is 21.6. The van der Waals surface area contributed by atoms with Gasteiger partial charge in [-0.15, -0.1) is 0 Å². The predicted octanol–water partition coefficient (Wildman–Crippen LogP) is 8.36. The summed E-state index contributed by atoms with van der Waals surface area (Å²) in [5.74, 6) is -3.67. The quantitative estimate of drug-likeness (QED) is 0.0665. The predicted molar refractivity (Wildman–Crippen MR) is 151 cm³/mol. The fourth-order valence-corrected chi connectivity index (χ4v) is 4.73. The number of aliphatic hydroxyl groups is 2. The van der Waals surface area contributed by atoms with Crippen LogP contribution in [0.2, 0.25) is 0 Å². The zero-order valence-electron chi connectivity index (χ0n) is 24.8. The molecule has 6 heteroatoms. The molecule has 0 radical (unpaired) electrons. The number of esters is 2. The summed E-state index contributed by atoms with van der Waals surface area (Å²) in [5.41, 5.74) is -1.29. The SMILES string of the molecule is CCCCCCCCCCCC(=O)OC(O)(OC(=O)CCCCCCCCCCC)C(C)(CO)CCC. The summed E-state index contributed by atoms with van der Waals surface area (Å²) in [6, 6.07) is 0. The molecule has 2 N–H and O–H groups in total. The van der Waals surface area contributed by atoms with Crippen molar-refractivity contribution in [2.24, 2.45) is 5.41 Å². The minimum Gasteiger partial charge on any atom is -0.398 e. The molecule has 37 heavy (non-hydrogen) atoms. The molecular formula is C31H60O6. The van der Waals surface area contributed by atoms with Crippen LogP contribution in [-0.4, -0.2) is 34.7 Å². The Morgan fingerprint density at radius 2 is 0.892 bits per heavy atom. The Morgan fingerprint density at radius 3 is 1.19 bits per heavy atom. The highest BCUT2D eigenvalue weighted by atomic mass is 16.8. The minimum absolute atomic E-state index is 0.154. The molecule has 0 fully saturated rings. The Morgan fingerprint density at radius 1 is 0.568 bits per heavy atom. The number of hydrogen-bond donors (Lipinski definition) is 2. The van der Waals surface area contributed by atoms with E-state index in [9.17, 15) is 19.8 Å². The van der Waals surface area contributed by atoms with E-state index < -0.39 is 29.9 Å². The van der Waals surface area contributed by atoms with Gasteiger partial charge >= 0.3 is 17.9 Å². The summed E-state index contributed by atoms with van der Waals surface area (Å²) in [4.78, 5) is 25.2. The highest BCUT2D eigenvalue weighted by molar-refractivity contribution is 5.72. The first-order valence-electron chi connectivity index (χ1n) is 15.6. The lowest BCUT2D eigenvalue weighted by Gasteiger charge is -2.40. The van der Waals surface area contributed by atoms with E-state index in [1.165, 1.54) is 64.2 Å². The first kappa shape index (κ1) is 35.9. The Labute approximate surface area is 228 Å². The second-order valence-corrected chi connectivity index (χ2v) is 11.2. The molecule has 0 aromatic heterocycles. The average molecular weight is 529 g/mol. The van der Waals surface area contributed by atoms with Crippen molar-refractivity contribution in [1.82, 2.24) is 0 Å². The van der Waals surface area contributed by atoms with E-state index >= 15 is 0 Å². The average Bonchev–Trinajstić information content (AvgIpc) is 2.86. The molecule has 0 bridgehead atoms. The molecule has 0 amide bonds. The van der Waals surface area contributed by atoms with Crippen LogP contribution in [0.1, 0.15) is 169 Å².